The van der Waals surface area contributed by atoms with Crippen LogP contribution in [0.1, 0.15) is 37.0 Å². The highest BCUT2D eigenvalue weighted by Gasteiger charge is 2.24. The van der Waals surface area contributed by atoms with Crippen LogP contribution >= 0.6 is 0 Å². The van der Waals surface area contributed by atoms with Gasteiger partial charge in [0.2, 0.25) is 5.78 Å². The van der Waals surface area contributed by atoms with Gasteiger partial charge in [-0.25, -0.2) is 9.59 Å². The Morgan fingerprint density at radius 2 is 1.86 bits per heavy atom. The third kappa shape index (κ3) is 4.87. The molecule has 0 saturated carbocycles. The summed E-state index contributed by atoms with van der Waals surface area (Å²) in [6, 6.07) is 8.72. The van der Waals surface area contributed by atoms with Crippen LogP contribution in [-0.4, -0.2) is 34.0 Å². The number of Topliss-reactive ketones (excluding diaryl/α,β-unsaturated/α-hetero) is 1. The Labute approximate surface area is 161 Å². The summed E-state index contributed by atoms with van der Waals surface area (Å²) >= 11 is 0. The molecule has 2 aromatic rings. The molecule has 0 fully saturated rings. The predicted molar refractivity (Wildman–Crippen MR) is 102 cm³/mol. The molecule has 0 bridgehead atoms. The molecular weight excluding hydrogens is 366 g/mol. The minimum atomic E-state index is -0.913. The van der Waals surface area contributed by atoms with Gasteiger partial charge in [-0.15, -0.1) is 0 Å². The maximum Gasteiger partial charge on any atom is 0.347 e. The van der Waals surface area contributed by atoms with E-state index >= 15 is 0 Å². The zero-order valence-electron chi connectivity index (χ0n) is 15.8. The van der Waals surface area contributed by atoms with E-state index in [4.69, 9.17) is 15.2 Å². The summed E-state index contributed by atoms with van der Waals surface area (Å²) < 4.78 is 11.7. The molecule has 0 amide bonds. The van der Waals surface area contributed by atoms with Crippen molar-refractivity contribution in [2.24, 2.45) is 0 Å². The van der Waals surface area contributed by atoms with E-state index in [0.717, 1.165) is 4.57 Å². The SMILES string of the molecule is CCCn1c(N)c(C(=O)COC(=O)[C@H](CC)Oc2ccccc2)c(=O)[nH]c1=O. The summed E-state index contributed by atoms with van der Waals surface area (Å²) in [4.78, 5) is 50.5. The van der Waals surface area contributed by atoms with Crippen LogP contribution in [-0.2, 0) is 16.1 Å². The van der Waals surface area contributed by atoms with Crippen LogP contribution in [0.15, 0.2) is 39.9 Å². The average Bonchev–Trinajstić information content (AvgIpc) is 2.68. The number of esters is 1. The second-order valence-corrected chi connectivity index (χ2v) is 6.03. The first kappa shape index (κ1) is 20.9. The molecule has 9 nitrogen and oxygen atoms in total. The number of aromatic amines is 1. The molecular formula is C19H23N3O6. The van der Waals surface area contributed by atoms with Crippen LogP contribution in [0.25, 0.3) is 0 Å². The van der Waals surface area contributed by atoms with Gasteiger partial charge in [-0.1, -0.05) is 32.0 Å². The van der Waals surface area contributed by atoms with Gasteiger partial charge in [0, 0.05) is 6.54 Å². The maximum atomic E-state index is 12.4. The minimum absolute atomic E-state index is 0.240. The summed E-state index contributed by atoms with van der Waals surface area (Å²) in [7, 11) is 0. The van der Waals surface area contributed by atoms with E-state index < -0.39 is 41.3 Å². The molecule has 2 rings (SSSR count). The van der Waals surface area contributed by atoms with E-state index in [-0.39, 0.29) is 12.4 Å². The molecule has 9 heteroatoms. The number of nitrogens with zero attached hydrogens (tertiary/aromatic N) is 1. The monoisotopic (exact) mass is 389 g/mol. The van der Waals surface area contributed by atoms with E-state index in [1.807, 2.05) is 13.0 Å². The van der Waals surface area contributed by atoms with Crippen molar-refractivity contribution < 1.29 is 19.1 Å². The number of H-pyrrole nitrogens is 1. The fraction of sp³-hybridized carbons (Fsp3) is 0.368. The van der Waals surface area contributed by atoms with Crippen LogP contribution in [0.4, 0.5) is 5.82 Å². The highest BCUT2D eigenvalue weighted by molar-refractivity contribution is 6.01. The quantitative estimate of drug-likeness (QED) is 0.485. The third-order valence-electron chi connectivity index (χ3n) is 3.97. The number of anilines is 1. The van der Waals surface area contributed by atoms with E-state index in [0.29, 0.717) is 18.6 Å². The number of aromatic nitrogens is 2. The lowest BCUT2D eigenvalue weighted by Gasteiger charge is -2.16. The van der Waals surface area contributed by atoms with E-state index in [1.165, 1.54) is 0 Å². The number of carbonyl (C=O) groups is 2. The van der Waals surface area contributed by atoms with E-state index in [9.17, 15) is 19.2 Å². The van der Waals surface area contributed by atoms with E-state index in [1.54, 1.807) is 31.2 Å². The molecule has 1 heterocycles. The number of ether oxygens (including phenoxy) is 2. The molecule has 0 saturated heterocycles. The number of benzene rings is 1. The van der Waals surface area contributed by atoms with Crippen LogP contribution in [0.2, 0.25) is 0 Å². The summed E-state index contributed by atoms with van der Waals surface area (Å²) in [6.07, 6.45) is -0.000322. The lowest BCUT2D eigenvalue weighted by atomic mass is 10.2. The fourth-order valence-electron chi connectivity index (χ4n) is 2.57. The number of nitrogens with one attached hydrogen (secondary N) is 1. The lowest BCUT2D eigenvalue weighted by molar-refractivity contribution is -0.150. The molecule has 0 spiro atoms. The van der Waals surface area contributed by atoms with Crippen molar-refractivity contribution in [3.05, 3.63) is 56.7 Å². The van der Waals surface area contributed by atoms with Gasteiger partial charge in [0.1, 0.15) is 17.1 Å². The molecule has 150 valence electrons. The largest absolute Gasteiger partial charge is 0.479 e. The third-order valence-corrected chi connectivity index (χ3v) is 3.97. The van der Waals surface area contributed by atoms with Gasteiger partial charge in [-0.05, 0) is 25.0 Å². The number of nitrogens with two attached hydrogens (primary N) is 1. The second-order valence-electron chi connectivity index (χ2n) is 6.03. The number of nitrogen functional groups attached to an aromatic ring is 1. The van der Waals surface area contributed by atoms with Crippen molar-refractivity contribution >= 4 is 17.6 Å². The number of rotatable bonds is 9. The number of carbonyl (C=O) groups excluding carboxylic acids is 2. The first-order valence-corrected chi connectivity index (χ1v) is 8.93. The maximum absolute atomic E-state index is 12.4. The molecule has 3 N–H and O–H groups in total. The standard InChI is InChI=1S/C19H23N3O6/c1-3-10-22-16(20)15(17(24)21-19(22)26)13(23)11-27-18(25)14(4-2)28-12-8-6-5-7-9-12/h5-9,14H,3-4,10-11,20H2,1-2H3,(H,21,24,26)/t14-/m0/s1. The normalized spacial score (nSPS) is 11.6. The number of ketones is 1. The van der Waals surface area contributed by atoms with Crippen molar-refractivity contribution in [2.45, 2.75) is 39.3 Å². The average molecular weight is 389 g/mol. The highest BCUT2D eigenvalue weighted by Crippen LogP contribution is 2.14. The lowest BCUT2D eigenvalue weighted by Crippen LogP contribution is -2.37. The molecule has 0 radical (unpaired) electrons. The Morgan fingerprint density at radius 3 is 2.46 bits per heavy atom. The van der Waals surface area contributed by atoms with Crippen molar-refractivity contribution in [1.82, 2.24) is 9.55 Å². The van der Waals surface area contributed by atoms with Crippen LogP contribution in [0, 0.1) is 0 Å². The van der Waals surface area contributed by atoms with Crippen LogP contribution in [0.3, 0.4) is 0 Å². The zero-order valence-corrected chi connectivity index (χ0v) is 15.8. The molecule has 28 heavy (non-hydrogen) atoms. The van der Waals surface area contributed by atoms with Crippen LogP contribution < -0.4 is 21.7 Å². The summed E-state index contributed by atoms with van der Waals surface area (Å²) in [5.41, 5.74) is 3.81. The summed E-state index contributed by atoms with van der Waals surface area (Å²) in [5, 5.41) is 0. The minimum Gasteiger partial charge on any atom is -0.479 e. The van der Waals surface area contributed by atoms with Gasteiger partial charge in [0.05, 0.1) is 0 Å². The Morgan fingerprint density at radius 1 is 1.18 bits per heavy atom. The number of hydrogen-bond donors (Lipinski definition) is 2. The van der Waals surface area contributed by atoms with Crippen LogP contribution in [0.5, 0.6) is 5.75 Å². The molecule has 1 atom stereocenters. The van der Waals surface area contributed by atoms with Gasteiger partial charge < -0.3 is 15.2 Å². The topological polar surface area (TPSA) is 133 Å². The number of para-hydroxylation sites is 1. The molecule has 0 aliphatic carbocycles. The summed E-state index contributed by atoms with van der Waals surface area (Å²) in [5.74, 6) is -1.29. The van der Waals surface area contributed by atoms with Crippen molar-refractivity contribution in [2.75, 3.05) is 12.3 Å². The highest BCUT2D eigenvalue weighted by atomic mass is 16.6. The molecule has 1 aromatic carbocycles. The Balaban J connectivity index is 2.11. The Hall–Kier alpha value is -3.36. The molecule has 1 aromatic heterocycles. The van der Waals surface area contributed by atoms with Gasteiger partial charge >= 0.3 is 11.7 Å². The first-order valence-electron chi connectivity index (χ1n) is 8.93. The van der Waals surface area contributed by atoms with Gasteiger partial charge in [-0.2, -0.15) is 0 Å². The second kappa shape index (κ2) is 9.54. The molecule has 0 aliphatic heterocycles. The first-order chi connectivity index (χ1) is 13.4. The molecule has 0 unspecified atom stereocenters. The predicted octanol–water partition coefficient (Wildman–Crippen LogP) is 1.11. The van der Waals surface area contributed by atoms with Gasteiger partial charge in [0.15, 0.2) is 12.7 Å². The zero-order chi connectivity index (χ0) is 20.7. The number of hydrogen-bond acceptors (Lipinski definition) is 7. The smallest absolute Gasteiger partial charge is 0.347 e. The van der Waals surface area contributed by atoms with Crippen molar-refractivity contribution in [3.63, 3.8) is 0 Å². The molecule has 0 aliphatic rings. The Kier molecular flexibility index (Phi) is 7.14. The Bertz CT molecular complexity index is 948. The summed E-state index contributed by atoms with van der Waals surface area (Å²) in [6.45, 7) is 3.10. The fourth-order valence-corrected chi connectivity index (χ4v) is 2.57. The van der Waals surface area contributed by atoms with Crippen molar-refractivity contribution in [3.8, 4) is 5.75 Å². The van der Waals surface area contributed by atoms with E-state index in [2.05, 4.69) is 4.98 Å². The van der Waals surface area contributed by atoms with Gasteiger partial charge in [0.25, 0.3) is 5.56 Å². The van der Waals surface area contributed by atoms with Gasteiger partial charge in [-0.3, -0.25) is 19.1 Å². The van der Waals surface area contributed by atoms with Crippen molar-refractivity contribution in [1.29, 1.82) is 0 Å².